The van der Waals surface area contributed by atoms with Crippen molar-refractivity contribution in [2.24, 2.45) is 0 Å². The summed E-state index contributed by atoms with van der Waals surface area (Å²) in [4.78, 5) is 0. The van der Waals surface area contributed by atoms with Crippen LogP contribution in [0.3, 0.4) is 0 Å². The van der Waals surface area contributed by atoms with Gasteiger partial charge >= 0.3 is 50.7 Å². The molecule has 1 nitrogen and oxygen atoms in total. The van der Waals surface area contributed by atoms with Crippen LogP contribution in [0.15, 0.2) is 12.2 Å². The van der Waals surface area contributed by atoms with Crippen LogP contribution in [0.1, 0.15) is 20.3 Å². The molecule has 0 aliphatic heterocycles. The molecule has 0 bridgehead atoms. The Kier molecular flexibility index (Phi) is 21.8. The number of rotatable bonds is 2. The third-order valence-corrected chi connectivity index (χ3v) is 1.17. The van der Waals surface area contributed by atoms with Gasteiger partial charge in [-0.25, -0.2) is 0 Å². The molecule has 0 aliphatic rings. The molecule has 0 heterocycles. The van der Waals surface area contributed by atoms with Gasteiger partial charge in [-0.15, -0.1) is 0 Å². The SMILES string of the molecule is CC=C[CH2][Na].CCCO. The summed E-state index contributed by atoms with van der Waals surface area (Å²) in [6.07, 6.45) is 5.15. The third kappa shape index (κ3) is 28.5. The maximum absolute atomic E-state index is 7.88. The second-order valence-electron chi connectivity index (χ2n) is 1.70. The number of allylic oxidation sites excluding steroid dienone is 2. The van der Waals surface area contributed by atoms with Crippen LogP contribution in [0.2, 0.25) is 3.67 Å². The molecule has 0 rings (SSSR count). The fourth-order valence-corrected chi connectivity index (χ4v) is 0.707. The first-order chi connectivity index (χ1) is 4.33. The molecular weight excluding hydrogens is 123 g/mol. The van der Waals surface area contributed by atoms with E-state index in [1.807, 2.05) is 6.92 Å². The van der Waals surface area contributed by atoms with Gasteiger partial charge in [0.05, 0.1) is 0 Å². The van der Waals surface area contributed by atoms with Crippen LogP contribution in [0.25, 0.3) is 0 Å². The van der Waals surface area contributed by atoms with Gasteiger partial charge in [-0.1, -0.05) is 6.92 Å². The van der Waals surface area contributed by atoms with Crippen molar-refractivity contribution in [3.63, 3.8) is 0 Å². The topological polar surface area (TPSA) is 20.2 Å². The van der Waals surface area contributed by atoms with Gasteiger partial charge in [-0.2, -0.15) is 0 Å². The number of hydrogen-bond donors (Lipinski definition) is 1. The third-order valence-electron chi connectivity index (χ3n) is 0.695. The van der Waals surface area contributed by atoms with Gasteiger partial charge < -0.3 is 5.11 Å². The Morgan fingerprint density at radius 1 is 1.56 bits per heavy atom. The Balaban J connectivity index is 0. The Hall–Kier alpha value is 0.700. The zero-order valence-electron chi connectivity index (χ0n) is 6.72. The van der Waals surface area contributed by atoms with Gasteiger partial charge in [-0.3, -0.25) is 0 Å². The first kappa shape index (κ1) is 12.4. The van der Waals surface area contributed by atoms with E-state index < -0.39 is 0 Å². The van der Waals surface area contributed by atoms with E-state index in [0.29, 0.717) is 6.61 Å². The minimum Gasteiger partial charge on any atom is -0.396 e. The van der Waals surface area contributed by atoms with E-state index in [9.17, 15) is 0 Å². The molecule has 0 spiro atoms. The molecule has 50 valence electrons. The molecule has 0 saturated carbocycles. The smallest absolute Gasteiger partial charge is 0.0428 e. The van der Waals surface area contributed by atoms with Crippen LogP contribution in [0, 0.1) is 0 Å². The van der Waals surface area contributed by atoms with Crippen molar-refractivity contribution in [1.29, 1.82) is 0 Å². The molecule has 0 unspecified atom stereocenters. The molecule has 0 radical (unpaired) electrons. The Morgan fingerprint density at radius 2 is 2.00 bits per heavy atom. The Morgan fingerprint density at radius 3 is 2.00 bits per heavy atom. The monoisotopic (exact) mass is 138 g/mol. The van der Waals surface area contributed by atoms with E-state index >= 15 is 0 Å². The average Bonchev–Trinajstić information content (AvgIpc) is 1.91. The maximum Gasteiger partial charge on any atom is 0.0428 e. The van der Waals surface area contributed by atoms with Crippen LogP contribution in [0.5, 0.6) is 0 Å². The van der Waals surface area contributed by atoms with Gasteiger partial charge in [0.1, 0.15) is 0 Å². The Labute approximate surface area is 75.6 Å². The fourth-order valence-electron chi connectivity index (χ4n) is 0.236. The molecule has 0 atom stereocenters. The van der Waals surface area contributed by atoms with Gasteiger partial charge in [0, 0.05) is 6.61 Å². The summed E-state index contributed by atoms with van der Waals surface area (Å²) < 4.78 is 1.30. The zero-order chi connectivity index (χ0) is 7.54. The standard InChI is InChI=1S/C4H7.C3H8O.Na/c1-3-4-2;1-2-3-4;/h3-4H,1H2,2H3;4H,2-3H2,1H3;. The normalized spacial score (nSPS) is 9.00. The van der Waals surface area contributed by atoms with E-state index in [1.165, 1.54) is 31.6 Å². The molecule has 0 amide bonds. The van der Waals surface area contributed by atoms with E-state index in [-0.39, 0.29) is 0 Å². The minimum absolute atomic E-state index is 0.319. The van der Waals surface area contributed by atoms with Crippen LogP contribution in [0.4, 0.5) is 0 Å². The molecule has 0 saturated heterocycles. The van der Waals surface area contributed by atoms with Gasteiger partial charge in [-0.05, 0) is 6.42 Å². The molecule has 0 aliphatic carbocycles. The zero-order valence-corrected chi connectivity index (χ0v) is 8.72. The Bertz CT molecular complexity index is 50.9. The summed E-state index contributed by atoms with van der Waals surface area (Å²) in [6, 6.07) is 0. The summed E-state index contributed by atoms with van der Waals surface area (Å²) in [5, 5.41) is 7.88. The van der Waals surface area contributed by atoms with Crippen LogP contribution in [-0.4, -0.2) is 39.6 Å². The maximum atomic E-state index is 7.88. The van der Waals surface area contributed by atoms with Crippen LogP contribution < -0.4 is 0 Å². The summed E-state index contributed by atoms with van der Waals surface area (Å²) in [6.45, 7) is 4.30. The molecule has 0 aromatic heterocycles. The van der Waals surface area contributed by atoms with Crippen LogP contribution >= 0.6 is 0 Å². The molecule has 0 aromatic carbocycles. The van der Waals surface area contributed by atoms with Crippen molar-refractivity contribution in [3.05, 3.63) is 12.2 Å². The quantitative estimate of drug-likeness (QED) is 0.453. The van der Waals surface area contributed by atoms with Gasteiger partial charge in [0.25, 0.3) is 0 Å². The minimum atomic E-state index is 0.319. The first-order valence-electron chi connectivity index (χ1n) is 3.55. The number of aliphatic hydroxyl groups excluding tert-OH is 1. The second kappa shape index (κ2) is 15.9. The van der Waals surface area contributed by atoms with Crippen molar-refractivity contribution in [2.45, 2.75) is 23.9 Å². The van der Waals surface area contributed by atoms with Crippen molar-refractivity contribution >= 4 is 27.9 Å². The predicted molar refractivity (Wildman–Crippen MR) is 42.8 cm³/mol. The average molecular weight is 138 g/mol. The first-order valence-corrected chi connectivity index (χ1v) is 4.96. The largest absolute Gasteiger partial charge is 0.396 e. The number of aliphatic hydroxyl groups is 1. The molecule has 9 heavy (non-hydrogen) atoms. The van der Waals surface area contributed by atoms with Crippen LogP contribution in [-0.2, 0) is 0 Å². The van der Waals surface area contributed by atoms with Gasteiger partial charge in [0.15, 0.2) is 0 Å². The summed E-state index contributed by atoms with van der Waals surface area (Å²) in [5.74, 6) is 0. The van der Waals surface area contributed by atoms with Crippen molar-refractivity contribution in [2.75, 3.05) is 6.61 Å². The summed E-state index contributed by atoms with van der Waals surface area (Å²) >= 11 is 1.31. The molecule has 0 fully saturated rings. The predicted octanol–water partition coefficient (Wildman–Crippen LogP) is 1.54. The van der Waals surface area contributed by atoms with E-state index in [4.69, 9.17) is 5.11 Å². The summed E-state index contributed by atoms with van der Waals surface area (Å²) in [5.41, 5.74) is 0. The van der Waals surface area contributed by atoms with E-state index in [2.05, 4.69) is 19.1 Å². The fraction of sp³-hybridized carbons (Fsp3) is 0.714. The molecule has 1 N–H and O–H groups in total. The van der Waals surface area contributed by atoms with E-state index in [1.54, 1.807) is 0 Å². The van der Waals surface area contributed by atoms with Crippen molar-refractivity contribution < 1.29 is 5.11 Å². The summed E-state index contributed by atoms with van der Waals surface area (Å²) in [7, 11) is 0. The molecule has 2 heteroatoms. The molecular formula is C7H15NaO. The molecule has 0 aromatic rings. The van der Waals surface area contributed by atoms with E-state index in [0.717, 1.165) is 6.42 Å². The van der Waals surface area contributed by atoms with Crippen molar-refractivity contribution in [1.82, 2.24) is 0 Å². The van der Waals surface area contributed by atoms with Gasteiger partial charge in [0.2, 0.25) is 0 Å². The second-order valence-corrected chi connectivity index (χ2v) is 2.52. The van der Waals surface area contributed by atoms with Crippen molar-refractivity contribution in [3.8, 4) is 0 Å². The number of hydrogen-bond acceptors (Lipinski definition) is 1.